The van der Waals surface area contributed by atoms with Gasteiger partial charge in [0.15, 0.2) is 9.84 Å². The van der Waals surface area contributed by atoms with E-state index in [1.165, 1.54) is 5.56 Å². The number of likely N-dealkylation sites (N-methyl/N-ethyl adjacent to an activating group) is 1. The van der Waals surface area contributed by atoms with Crippen LogP contribution in [-0.4, -0.2) is 68.4 Å². The lowest BCUT2D eigenvalue weighted by Crippen LogP contribution is -2.46. The molecule has 2 heterocycles. The van der Waals surface area contributed by atoms with E-state index in [1.807, 2.05) is 6.07 Å². The van der Waals surface area contributed by atoms with Crippen LogP contribution in [0.1, 0.15) is 24.8 Å². The van der Waals surface area contributed by atoms with Crippen LogP contribution in [0.3, 0.4) is 0 Å². The quantitative estimate of drug-likeness (QED) is 0.796. The monoisotopic (exact) mass is 364 g/mol. The third-order valence-electron chi connectivity index (χ3n) is 5.58. The summed E-state index contributed by atoms with van der Waals surface area (Å²) < 4.78 is 23.2. The number of hydrogen-bond acceptors (Lipinski definition) is 4. The summed E-state index contributed by atoms with van der Waals surface area (Å²) in [6.07, 6.45) is 3.92. The zero-order valence-electron chi connectivity index (χ0n) is 14.9. The molecule has 1 amide bonds. The Morgan fingerprint density at radius 2 is 1.84 bits per heavy atom. The Morgan fingerprint density at radius 1 is 1.16 bits per heavy atom. The smallest absolute Gasteiger partial charge is 0.236 e. The van der Waals surface area contributed by atoms with Crippen molar-refractivity contribution in [2.24, 2.45) is 5.92 Å². The molecule has 0 N–H and O–H groups in total. The summed E-state index contributed by atoms with van der Waals surface area (Å²) in [6.45, 7) is 2.30. The predicted octanol–water partition coefficient (Wildman–Crippen LogP) is 1.59. The molecule has 0 bridgehead atoms. The highest BCUT2D eigenvalue weighted by Gasteiger charge is 2.33. The minimum atomic E-state index is -2.95. The van der Waals surface area contributed by atoms with E-state index in [9.17, 15) is 13.2 Å². The Morgan fingerprint density at radius 3 is 2.44 bits per heavy atom. The average molecular weight is 365 g/mol. The van der Waals surface area contributed by atoms with Crippen LogP contribution in [0, 0.1) is 5.92 Å². The number of carbonyl (C=O) groups excluding carboxylic acids is 1. The molecule has 25 heavy (non-hydrogen) atoms. The van der Waals surface area contributed by atoms with Crippen LogP contribution in [0.2, 0.25) is 0 Å². The normalized spacial score (nSPS) is 24.3. The zero-order valence-corrected chi connectivity index (χ0v) is 15.7. The summed E-state index contributed by atoms with van der Waals surface area (Å²) in [5.41, 5.74) is 1.39. The standard InChI is InChI=1S/C19H28N2O3S/c1-20(18-9-12-25(23,24)15-18)19(22)14-21-10-7-17(8-11-21)13-16-5-3-2-4-6-16/h2-6,17-18H,7-15H2,1H3/t18-/m0/s1. The van der Waals surface area contributed by atoms with Crippen molar-refractivity contribution in [3.05, 3.63) is 35.9 Å². The molecule has 0 aromatic heterocycles. The van der Waals surface area contributed by atoms with E-state index in [2.05, 4.69) is 29.2 Å². The lowest BCUT2D eigenvalue weighted by molar-refractivity contribution is -0.133. The number of likely N-dealkylation sites (tertiary alicyclic amines) is 1. The summed E-state index contributed by atoms with van der Waals surface area (Å²) in [5.74, 6) is 1.06. The van der Waals surface area contributed by atoms with Gasteiger partial charge in [0.25, 0.3) is 0 Å². The first kappa shape index (κ1) is 18.4. The van der Waals surface area contributed by atoms with E-state index in [1.54, 1.807) is 11.9 Å². The first-order valence-electron chi connectivity index (χ1n) is 9.15. The molecule has 6 heteroatoms. The largest absolute Gasteiger partial charge is 0.341 e. The van der Waals surface area contributed by atoms with Gasteiger partial charge < -0.3 is 4.90 Å². The van der Waals surface area contributed by atoms with Gasteiger partial charge in [-0.25, -0.2) is 8.42 Å². The van der Waals surface area contributed by atoms with Crippen molar-refractivity contribution < 1.29 is 13.2 Å². The number of nitrogens with zero attached hydrogens (tertiary/aromatic N) is 2. The molecular weight excluding hydrogens is 336 g/mol. The van der Waals surface area contributed by atoms with E-state index < -0.39 is 9.84 Å². The predicted molar refractivity (Wildman–Crippen MR) is 99.1 cm³/mol. The van der Waals surface area contributed by atoms with Gasteiger partial charge in [-0.05, 0) is 50.3 Å². The molecule has 2 saturated heterocycles. The molecule has 2 aliphatic heterocycles. The van der Waals surface area contributed by atoms with Crippen LogP contribution < -0.4 is 0 Å². The van der Waals surface area contributed by atoms with Crippen LogP contribution in [0.5, 0.6) is 0 Å². The Bertz CT molecular complexity index is 682. The van der Waals surface area contributed by atoms with E-state index in [0.717, 1.165) is 32.4 Å². The highest BCUT2D eigenvalue weighted by atomic mass is 32.2. The molecule has 3 rings (SSSR count). The average Bonchev–Trinajstić information content (AvgIpc) is 2.97. The molecule has 0 radical (unpaired) electrons. The van der Waals surface area contributed by atoms with Gasteiger partial charge in [-0.15, -0.1) is 0 Å². The second-order valence-corrected chi connectivity index (χ2v) is 9.70. The Balaban J connectivity index is 1.43. The molecule has 2 aliphatic rings. The SMILES string of the molecule is CN(C(=O)CN1CCC(Cc2ccccc2)CC1)[C@H]1CCS(=O)(=O)C1. The van der Waals surface area contributed by atoms with Crippen molar-refractivity contribution in [1.82, 2.24) is 9.80 Å². The van der Waals surface area contributed by atoms with Gasteiger partial charge in [-0.3, -0.25) is 9.69 Å². The topological polar surface area (TPSA) is 57.7 Å². The fourth-order valence-electron chi connectivity index (χ4n) is 3.88. The van der Waals surface area contributed by atoms with Gasteiger partial charge in [0.1, 0.15) is 0 Å². The van der Waals surface area contributed by atoms with Gasteiger partial charge in [0, 0.05) is 13.1 Å². The maximum Gasteiger partial charge on any atom is 0.236 e. The lowest BCUT2D eigenvalue weighted by atomic mass is 9.90. The van der Waals surface area contributed by atoms with E-state index in [-0.39, 0.29) is 23.5 Å². The molecule has 2 fully saturated rings. The van der Waals surface area contributed by atoms with Crippen LogP contribution in [-0.2, 0) is 21.1 Å². The number of hydrogen-bond donors (Lipinski definition) is 0. The first-order chi connectivity index (χ1) is 11.9. The summed E-state index contributed by atoms with van der Waals surface area (Å²) >= 11 is 0. The van der Waals surface area contributed by atoms with Crippen molar-refractivity contribution in [3.63, 3.8) is 0 Å². The van der Waals surface area contributed by atoms with Crippen molar-refractivity contribution in [2.45, 2.75) is 31.7 Å². The van der Waals surface area contributed by atoms with E-state index >= 15 is 0 Å². The van der Waals surface area contributed by atoms with Crippen LogP contribution in [0.4, 0.5) is 0 Å². The highest BCUT2D eigenvalue weighted by Crippen LogP contribution is 2.22. The molecule has 0 spiro atoms. The fourth-order valence-corrected chi connectivity index (χ4v) is 5.66. The van der Waals surface area contributed by atoms with Crippen molar-refractivity contribution in [2.75, 3.05) is 38.2 Å². The minimum Gasteiger partial charge on any atom is -0.341 e. The van der Waals surface area contributed by atoms with E-state index in [4.69, 9.17) is 0 Å². The second kappa shape index (κ2) is 7.87. The van der Waals surface area contributed by atoms with Gasteiger partial charge >= 0.3 is 0 Å². The number of amides is 1. The van der Waals surface area contributed by atoms with Gasteiger partial charge in [-0.2, -0.15) is 0 Å². The number of rotatable bonds is 5. The van der Waals surface area contributed by atoms with Crippen LogP contribution in [0.15, 0.2) is 30.3 Å². The number of sulfone groups is 1. The minimum absolute atomic E-state index is 0.0450. The van der Waals surface area contributed by atoms with Gasteiger partial charge in [-0.1, -0.05) is 30.3 Å². The second-order valence-electron chi connectivity index (χ2n) is 7.47. The molecule has 0 unspecified atom stereocenters. The summed E-state index contributed by atoms with van der Waals surface area (Å²) in [6, 6.07) is 10.4. The Labute approximate surface area is 150 Å². The summed E-state index contributed by atoms with van der Waals surface area (Å²) in [4.78, 5) is 16.3. The molecule has 1 aromatic rings. The third kappa shape index (κ3) is 5.05. The van der Waals surface area contributed by atoms with Crippen molar-refractivity contribution in [1.29, 1.82) is 0 Å². The van der Waals surface area contributed by atoms with Gasteiger partial charge in [0.2, 0.25) is 5.91 Å². The van der Waals surface area contributed by atoms with Crippen LogP contribution in [0.25, 0.3) is 0 Å². The zero-order chi connectivity index (χ0) is 17.9. The summed E-state index contributed by atoms with van der Waals surface area (Å²) in [5, 5.41) is 0. The first-order valence-corrected chi connectivity index (χ1v) is 11.0. The molecule has 5 nitrogen and oxygen atoms in total. The van der Waals surface area contributed by atoms with Crippen LogP contribution >= 0.6 is 0 Å². The summed E-state index contributed by atoms with van der Waals surface area (Å²) in [7, 11) is -1.21. The van der Waals surface area contributed by atoms with E-state index in [0.29, 0.717) is 18.9 Å². The van der Waals surface area contributed by atoms with Crippen molar-refractivity contribution >= 4 is 15.7 Å². The maximum atomic E-state index is 12.5. The molecule has 138 valence electrons. The highest BCUT2D eigenvalue weighted by molar-refractivity contribution is 7.91. The third-order valence-corrected chi connectivity index (χ3v) is 7.33. The molecular formula is C19H28N2O3S. The Hall–Kier alpha value is -1.40. The number of piperidine rings is 1. The molecule has 1 aromatic carbocycles. The Kier molecular flexibility index (Phi) is 5.79. The maximum absolute atomic E-state index is 12.5. The number of carbonyl (C=O) groups is 1. The lowest BCUT2D eigenvalue weighted by Gasteiger charge is -2.33. The molecule has 1 atom stereocenters. The molecule has 0 aliphatic carbocycles. The fraction of sp³-hybridized carbons (Fsp3) is 0.632. The van der Waals surface area contributed by atoms with Crippen molar-refractivity contribution in [3.8, 4) is 0 Å². The molecule has 0 saturated carbocycles. The number of benzene rings is 1. The van der Waals surface area contributed by atoms with Gasteiger partial charge in [0.05, 0.1) is 18.1 Å².